The second-order valence-corrected chi connectivity index (χ2v) is 5.42. The van der Waals surface area contributed by atoms with Crippen molar-refractivity contribution in [1.29, 1.82) is 0 Å². The number of fused-ring (bicyclic) bond motifs is 1. The lowest BCUT2D eigenvalue weighted by molar-refractivity contribution is -0.116. The summed E-state index contributed by atoms with van der Waals surface area (Å²) in [5.74, 6) is 0.0879. The van der Waals surface area contributed by atoms with Crippen LogP contribution in [0.15, 0.2) is 42.5 Å². The van der Waals surface area contributed by atoms with Gasteiger partial charge in [0.15, 0.2) is 0 Å². The van der Waals surface area contributed by atoms with Gasteiger partial charge in [0.05, 0.1) is 0 Å². The zero-order valence-corrected chi connectivity index (χ0v) is 14.6. The molecule has 0 atom stereocenters. The van der Waals surface area contributed by atoms with Crippen molar-refractivity contribution in [2.45, 2.75) is 6.42 Å². The van der Waals surface area contributed by atoms with Crippen LogP contribution in [0.25, 0.3) is 10.8 Å². The monoisotopic (exact) mass is 355 g/mol. The Bertz CT molecular complexity index is 625. The molecule has 0 bridgehead atoms. The van der Waals surface area contributed by atoms with E-state index in [4.69, 9.17) is 0 Å². The maximum absolute atomic E-state index is 12.1. The smallest absolute Gasteiger partial charge is 0.225 e. The fraction of sp³-hybridized carbons (Fsp3) is 0.353. The summed E-state index contributed by atoms with van der Waals surface area (Å²) in [5.41, 5.74) is 0.901. The summed E-state index contributed by atoms with van der Waals surface area (Å²) in [5, 5.41) is 8.61. The van der Waals surface area contributed by atoms with Crippen LogP contribution in [0.5, 0.6) is 0 Å². The lowest BCUT2D eigenvalue weighted by Crippen LogP contribution is -2.44. The van der Waals surface area contributed by atoms with Gasteiger partial charge in [-0.15, -0.1) is 24.8 Å². The highest BCUT2D eigenvalue weighted by Crippen LogP contribution is 2.22. The van der Waals surface area contributed by atoms with Gasteiger partial charge in [-0.3, -0.25) is 4.79 Å². The van der Waals surface area contributed by atoms with Crippen molar-refractivity contribution >= 4 is 47.2 Å². The highest BCUT2D eigenvalue weighted by molar-refractivity contribution is 6.02. The molecule has 126 valence electrons. The van der Waals surface area contributed by atoms with E-state index >= 15 is 0 Å². The largest absolute Gasteiger partial charge is 0.325 e. The van der Waals surface area contributed by atoms with E-state index in [9.17, 15) is 4.79 Å². The first kappa shape index (κ1) is 19.7. The molecule has 3 rings (SSSR count). The van der Waals surface area contributed by atoms with E-state index in [2.05, 4.69) is 27.7 Å². The average molecular weight is 356 g/mol. The van der Waals surface area contributed by atoms with Gasteiger partial charge in [0.25, 0.3) is 0 Å². The Morgan fingerprint density at radius 3 is 2.52 bits per heavy atom. The second-order valence-electron chi connectivity index (χ2n) is 5.42. The number of nitrogens with zero attached hydrogens (tertiary/aromatic N) is 1. The Labute approximate surface area is 149 Å². The lowest BCUT2D eigenvalue weighted by atomic mass is 10.1. The molecule has 2 aromatic rings. The fourth-order valence-electron chi connectivity index (χ4n) is 2.74. The number of carbonyl (C=O) groups is 1. The minimum Gasteiger partial charge on any atom is -0.325 e. The number of halogens is 2. The SMILES string of the molecule is Cl.Cl.O=C(CCN1CCNCC1)Nc1cccc2ccccc12. The summed E-state index contributed by atoms with van der Waals surface area (Å²) < 4.78 is 0. The molecule has 1 saturated heterocycles. The molecule has 0 aromatic heterocycles. The highest BCUT2D eigenvalue weighted by Gasteiger charge is 2.11. The third kappa shape index (κ3) is 5.36. The number of piperazine rings is 1. The normalized spacial score (nSPS) is 14.6. The molecule has 1 fully saturated rings. The minimum absolute atomic E-state index is 0. The molecule has 1 heterocycles. The Balaban J connectivity index is 0.00000132. The third-order valence-corrected chi connectivity index (χ3v) is 3.93. The molecule has 4 nitrogen and oxygen atoms in total. The number of nitrogens with one attached hydrogen (secondary N) is 2. The molecule has 1 aliphatic rings. The van der Waals surface area contributed by atoms with Crippen LogP contribution < -0.4 is 10.6 Å². The summed E-state index contributed by atoms with van der Waals surface area (Å²) >= 11 is 0. The predicted molar refractivity (Wildman–Crippen MR) is 101 cm³/mol. The number of hydrogen-bond acceptors (Lipinski definition) is 3. The summed E-state index contributed by atoms with van der Waals surface area (Å²) in [4.78, 5) is 14.5. The molecular weight excluding hydrogens is 333 g/mol. The molecule has 0 saturated carbocycles. The maximum atomic E-state index is 12.1. The first-order valence-electron chi connectivity index (χ1n) is 7.53. The van der Waals surface area contributed by atoms with Crippen molar-refractivity contribution in [3.05, 3.63) is 42.5 Å². The van der Waals surface area contributed by atoms with E-state index < -0.39 is 0 Å². The Morgan fingerprint density at radius 2 is 1.74 bits per heavy atom. The molecule has 6 heteroatoms. The van der Waals surface area contributed by atoms with Gasteiger partial charge in [-0.1, -0.05) is 36.4 Å². The molecular formula is C17H23Cl2N3O. The lowest BCUT2D eigenvalue weighted by Gasteiger charge is -2.26. The first-order valence-corrected chi connectivity index (χ1v) is 7.53. The predicted octanol–water partition coefficient (Wildman–Crippen LogP) is 2.92. The topological polar surface area (TPSA) is 44.4 Å². The highest BCUT2D eigenvalue weighted by atomic mass is 35.5. The van der Waals surface area contributed by atoms with Crippen LogP contribution in [0.2, 0.25) is 0 Å². The van der Waals surface area contributed by atoms with Crippen LogP contribution in [0, 0.1) is 0 Å². The second kappa shape index (κ2) is 9.73. The summed E-state index contributed by atoms with van der Waals surface area (Å²) in [7, 11) is 0. The van der Waals surface area contributed by atoms with Crippen LogP contribution in [-0.2, 0) is 4.79 Å². The summed E-state index contributed by atoms with van der Waals surface area (Å²) in [6.07, 6.45) is 0.545. The van der Waals surface area contributed by atoms with Crippen LogP contribution in [-0.4, -0.2) is 43.5 Å². The van der Waals surface area contributed by atoms with Gasteiger partial charge >= 0.3 is 0 Å². The summed E-state index contributed by atoms with van der Waals surface area (Å²) in [6, 6.07) is 14.1. The number of amides is 1. The minimum atomic E-state index is 0. The van der Waals surface area contributed by atoms with Gasteiger partial charge in [0.2, 0.25) is 5.91 Å². The zero-order chi connectivity index (χ0) is 14.5. The van der Waals surface area contributed by atoms with Gasteiger partial charge in [-0.05, 0) is 11.5 Å². The van der Waals surface area contributed by atoms with Crippen molar-refractivity contribution in [3.63, 3.8) is 0 Å². The molecule has 1 amide bonds. The van der Waals surface area contributed by atoms with Crippen molar-refractivity contribution < 1.29 is 4.79 Å². The molecule has 1 aliphatic heterocycles. The number of hydrogen-bond donors (Lipinski definition) is 2. The molecule has 2 aromatic carbocycles. The Morgan fingerprint density at radius 1 is 1.04 bits per heavy atom. The Hall–Kier alpha value is -1.33. The molecule has 0 radical (unpaired) electrons. The van der Waals surface area contributed by atoms with E-state index in [-0.39, 0.29) is 30.7 Å². The van der Waals surface area contributed by atoms with Gasteiger partial charge in [-0.25, -0.2) is 0 Å². The van der Waals surface area contributed by atoms with E-state index in [0.717, 1.165) is 49.2 Å². The number of anilines is 1. The van der Waals surface area contributed by atoms with E-state index in [0.29, 0.717) is 6.42 Å². The molecule has 0 aliphatic carbocycles. The maximum Gasteiger partial charge on any atom is 0.225 e. The van der Waals surface area contributed by atoms with Crippen molar-refractivity contribution in [2.24, 2.45) is 0 Å². The van der Waals surface area contributed by atoms with Gasteiger partial charge in [0, 0.05) is 50.2 Å². The van der Waals surface area contributed by atoms with Crippen LogP contribution in [0.1, 0.15) is 6.42 Å². The van der Waals surface area contributed by atoms with Crippen LogP contribution >= 0.6 is 24.8 Å². The summed E-state index contributed by atoms with van der Waals surface area (Å²) in [6.45, 7) is 4.93. The molecule has 0 spiro atoms. The van der Waals surface area contributed by atoms with Gasteiger partial charge in [-0.2, -0.15) is 0 Å². The van der Waals surface area contributed by atoms with Crippen LogP contribution in [0.3, 0.4) is 0 Å². The van der Waals surface area contributed by atoms with E-state index in [1.165, 1.54) is 0 Å². The number of rotatable bonds is 4. The van der Waals surface area contributed by atoms with Crippen molar-refractivity contribution in [2.75, 3.05) is 38.0 Å². The van der Waals surface area contributed by atoms with Crippen molar-refractivity contribution in [1.82, 2.24) is 10.2 Å². The first-order chi connectivity index (χ1) is 10.3. The van der Waals surface area contributed by atoms with Gasteiger partial charge < -0.3 is 15.5 Å². The van der Waals surface area contributed by atoms with Gasteiger partial charge in [0.1, 0.15) is 0 Å². The van der Waals surface area contributed by atoms with E-state index in [1.807, 2.05) is 30.3 Å². The zero-order valence-electron chi connectivity index (χ0n) is 13.0. The van der Waals surface area contributed by atoms with Crippen LogP contribution in [0.4, 0.5) is 5.69 Å². The third-order valence-electron chi connectivity index (χ3n) is 3.93. The fourth-order valence-corrected chi connectivity index (χ4v) is 2.74. The van der Waals surface area contributed by atoms with Crippen molar-refractivity contribution in [3.8, 4) is 0 Å². The van der Waals surface area contributed by atoms with E-state index in [1.54, 1.807) is 0 Å². The number of carbonyl (C=O) groups excluding carboxylic acids is 1. The standard InChI is InChI=1S/C17H21N3O.2ClH/c21-17(8-11-20-12-9-18-10-13-20)19-16-7-3-5-14-4-1-2-6-15(14)16;;/h1-7,18H,8-13H2,(H,19,21);2*1H. The molecule has 2 N–H and O–H groups in total. The Kier molecular flexibility index (Phi) is 8.34. The molecule has 23 heavy (non-hydrogen) atoms. The quantitative estimate of drug-likeness (QED) is 0.886. The number of benzene rings is 2. The molecule has 0 unspecified atom stereocenters. The average Bonchev–Trinajstić information content (AvgIpc) is 2.54.